The lowest BCUT2D eigenvalue weighted by Crippen LogP contribution is -2.26. The molecule has 0 aliphatic heterocycles. The van der Waals surface area contributed by atoms with Gasteiger partial charge in [-0.1, -0.05) is 63.2 Å². The summed E-state index contributed by atoms with van der Waals surface area (Å²) in [6.07, 6.45) is 0.664. The zero-order valence-corrected chi connectivity index (χ0v) is 15.8. The maximum absolute atomic E-state index is 12.2. The van der Waals surface area contributed by atoms with E-state index < -0.39 is 0 Å². The second-order valence-corrected chi connectivity index (χ2v) is 7.10. The summed E-state index contributed by atoms with van der Waals surface area (Å²) in [6, 6.07) is 17.7. The van der Waals surface area contributed by atoms with Crippen molar-refractivity contribution in [3.63, 3.8) is 0 Å². The molecule has 0 fully saturated rings. The number of anilines is 1. The van der Waals surface area contributed by atoms with Crippen LogP contribution in [-0.2, 0) is 16.1 Å². The zero-order chi connectivity index (χ0) is 18.9. The minimum atomic E-state index is -0.0642. The highest BCUT2D eigenvalue weighted by molar-refractivity contribution is 5.91. The van der Waals surface area contributed by atoms with Crippen LogP contribution in [0.15, 0.2) is 54.6 Å². The number of carbonyl (C=O) groups excluding carboxylic acids is 2. The Bertz CT molecular complexity index is 709. The first kappa shape index (κ1) is 19.7. The summed E-state index contributed by atoms with van der Waals surface area (Å²) in [7, 11) is 0. The highest BCUT2D eigenvalue weighted by Gasteiger charge is 2.13. The first-order valence-corrected chi connectivity index (χ1v) is 9.14. The van der Waals surface area contributed by atoms with Crippen molar-refractivity contribution in [1.82, 2.24) is 5.32 Å². The van der Waals surface area contributed by atoms with Crippen molar-refractivity contribution in [2.24, 2.45) is 5.92 Å². The molecule has 0 aliphatic rings. The van der Waals surface area contributed by atoms with Gasteiger partial charge in [0.25, 0.3) is 0 Å². The molecule has 2 rings (SSSR count). The Morgan fingerprint density at radius 2 is 1.46 bits per heavy atom. The van der Waals surface area contributed by atoms with Gasteiger partial charge in [-0.05, 0) is 35.1 Å². The fourth-order valence-electron chi connectivity index (χ4n) is 2.74. The molecule has 0 radical (unpaired) electrons. The molecule has 0 aromatic heterocycles. The molecule has 4 nitrogen and oxygen atoms in total. The third-order valence-electron chi connectivity index (χ3n) is 4.26. The van der Waals surface area contributed by atoms with E-state index in [1.54, 1.807) is 0 Å². The number of carbonyl (C=O) groups is 2. The van der Waals surface area contributed by atoms with Crippen molar-refractivity contribution in [2.45, 2.75) is 46.1 Å². The van der Waals surface area contributed by atoms with Crippen molar-refractivity contribution in [3.05, 3.63) is 65.7 Å². The summed E-state index contributed by atoms with van der Waals surface area (Å²) in [4.78, 5) is 24.2. The zero-order valence-electron chi connectivity index (χ0n) is 15.8. The molecule has 0 spiro atoms. The summed E-state index contributed by atoms with van der Waals surface area (Å²) >= 11 is 0. The number of hydrogen-bond donors (Lipinski definition) is 2. The molecule has 138 valence electrons. The first-order valence-electron chi connectivity index (χ1n) is 9.14. The van der Waals surface area contributed by atoms with Gasteiger partial charge in [0.15, 0.2) is 0 Å². The van der Waals surface area contributed by atoms with Crippen LogP contribution in [0.4, 0.5) is 5.69 Å². The highest BCUT2D eigenvalue weighted by atomic mass is 16.2. The van der Waals surface area contributed by atoms with Crippen LogP contribution in [0.3, 0.4) is 0 Å². The van der Waals surface area contributed by atoms with Gasteiger partial charge in [-0.25, -0.2) is 0 Å². The monoisotopic (exact) mass is 352 g/mol. The Kier molecular flexibility index (Phi) is 7.39. The topological polar surface area (TPSA) is 58.2 Å². The van der Waals surface area contributed by atoms with E-state index in [0.29, 0.717) is 25.3 Å². The summed E-state index contributed by atoms with van der Waals surface area (Å²) in [5, 5.41) is 5.80. The fraction of sp³-hybridized carbons (Fsp3) is 0.364. The number of hydrogen-bond acceptors (Lipinski definition) is 2. The van der Waals surface area contributed by atoms with Gasteiger partial charge < -0.3 is 10.6 Å². The van der Waals surface area contributed by atoms with E-state index in [1.165, 1.54) is 5.56 Å². The van der Waals surface area contributed by atoms with Crippen molar-refractivity contribution in [1.29, 1.82) is 0 Å². The predicted octanol–water partition coefficient (Wildman–Crippen LogP) is 4.48. The Labute approximate surface area is 156 Å². The van der Waals surface area contributed by atoms with Crippen molar-refractivity contribution in [2.75, 3.05) is 5.32 Å². The van der Waals surface area contributed by atoms with Crippen LogP contribution in [0.2, 0.25) is 0 Å². The molecule has 0 saturated heterocycles. The lowest BCUT2D eigenvalue weighted by Gasteiger charge is -2.13. The van der Waals surface area contributed by atoms with Crippen LogP contribution in [0.25, 0.3) is 0 Å². The summed E-state index contributed by atoms with van der Waals surface area (Å²) < 4.78 is 0. The molecule has 2 aromatic carbocycles. The molecule has 0 bridgehead atoms. The van der Waals surface area contributed by atoms with Crippen LogP contribution in [0.5, 0.6) is 0 Å². The van der Waals surface area contributed by atoms with Gasteiger partial charge in [-0.2, -0.15) is 0 Å². The van der Waals surface area contributed by atoms with E-state index in [-0.39, 0.29) is 17.7 Å². The van der Waals surface area contributed by atoms with Crippen LogP contribution >= 0.6 is 0 Å². The molecule has 0 unspecified atom stereocenters. The molecule has 2 N–H and O–H groups in total. The minimum absolute atomic E-state index is 0.0132. The van der Waals surface area contributed by atoms with Crippen molar-refractivity contribution < 1.29 is 9.59 Å². The minimum Gasteiger partial charge on any atom is -0.352 e. The van der Waals surface area contributed by atoms with Gasteiger partial charge in [-0.3, -0.25) is 9.59 Å². The van der Waals surface area contributed by atoms with E-state index in [1.807, 2.05) is 61.5 Å². The van der Waals surface area contributed by atoms with Gasteiger partial charge in [0.1, 0.15) is 0 Å². The second kappa shape index (κ2) is 9.76. The average molecular weight is 352 g/mol. The SMILES string of the molecule is CC(C)c1ccc(NC(=O)C[C@@H](C)CC(=O)NCc2ccccc2)cc1. The van der Waals surface area contributed by atoms with Crippen molar-refractivity contribution >= 4 is 17.5 Å². The Morgan fingerprint density at radius 3 is 2.08 bits per heavy atom. The van der Waals surface area contributed by atoms with Gasteiger partial charge in [0.2, 0.25) is 11.8 Å². The van der Waals surface area contributed by atoms with Crippen LogP contribution in [-0.4, -0.2) is 11.8 Å². The number of benzene rings is 2. The first-order chi connectivity index (χ1) is 12.4. The molecule has 2 aromatic rings. The fourth-order valence-corrected chi connectivity index (χ4v) is 2.74. The number of rotatable bonds is 8. The van der Waals surface area contributed by atoms with Crippen LogP contribution in [0.1, 0.15) is 50.7 Å². The molecule has 0 saturated carbocycles. The maximum atomic E-state index is 12.2. The highest BCUT2D eigenvalue weighted by Crippen LogP contribution is 2.18. The van der Waals surface area contributed by atoms with Crippen molar-refractivity contribution in [3.8, 4) is 0 Å². The van der Waals surface area contributed by atoms with E-state index in [2.05, 4.69) is 24.5 Å². The Morgan fingerprint density at radius 1 is 0.846 bits per heavy atom. The molecule has 4 heteroatoms. The number of amides is 2. The molecule has 0 aliphatic carbocycles. The third kappa shape index (κ3) is 6.71. The second-order valence-electron chi connectivity index (χ2n) is 7.10. The van der Waals surface area contributed by atoms with Crippen LogP contribution < -0.4 is 10.6 Å². The summed E-state index contributed by atoms with van der Waals surface area (Å²) in [6.45, 7) is 6.71. The van der Waals surface area contributed by atoms with E-state index in [4.69, 9.17) is 0 Å². The largest absolute Gasteiger partial charge is 0.352 e. The summed E-state index contributed by atoms with van der Waals surface area (Å²) in [5.41, 5.74) is 3.10. The number of nitrogens with one attached hydrogen (secondary N) is 2. The quantitative estimate of drug-likeness (QED) is 0.736. The maximum Gasteiger partial charge on any atom is 0.224 e. The van der Waals surface area contributed by atoms with Gasteiger partial charge >= 0.3 is 0 Å². The van der Waals surface area contributed by atoms with Gasteiger partial charge in [0.05, 0.1) is 0 Å². The van der Waals surface area contributed by atoms with E-state index in [0.717, 1.165) is 11.3 Å². The van der Waals surface area contributed by atoms with Gasteiger partial charge in [0, 0.05) is 25.1 Å². The van der Waals surface area contributed by atoms with Crippen LogP contribution in [0, 0.1) is 5.92 Å². The predicted molar refractivity (Wildman–Crippen MR) is 106 cm³/mol. The Balaban J connectivity index is 1.73. The molecule has 0 heterocycles. The average Bonchev–Trinajstić information content (AvgIpc) is 2.61. The van der Waals surface area contributed by atoms with Gasteiger partial charge in [-0.15, -0.1) is 0 Å². The third-order valence-corrected chi connectivity index (χ3v) is 4.26. The molecular formula is C22H28N2O2. The Hall–Kier alpha value is -2.62. The molecule has 26 heavy (non-hydrogen) atoms. The standard InChI is InChI=1S/C22H28N2O2/c1-16(2)19-9-11-20(12-10-19)24-22(26)14-17(3)13-21(25)23-15-18-7-5-4-6-8-18/h4-12,16-17H,13-15H2,1-3H3,(H,23,25)(H,24,26)/t17-/m0/s1. The normalized spacial score (nSPS) is 11.8. The lowest BCUT2D eigenvalue weighted by atomic mass is 10.0. The summed E-state index contributed by atoms with van der Waals surface area (Å²) in [5.74, 6) is 0.357. The smallest absolute Gasteiger partial charge is 0.224 e. The van der Waals surface area contributed by atoms with E-state index in [9.17, 15) is 9.59 Å². The lowest BCUT2D eigenvalue weighted by molar-refractivity contribution is -0.122. The molecule has 1 atom stereocenters. The molecule has 2 amide bonds. The van der Waals surface area contributed by atoms with E-state index >= 15 is 0 Å². The molecular weight excluding hydrogens is 324 g/mol.